The molecular formula is C36H44N4O10. The average Bonchev–Trinajstić information content (AvgIpc) is 3.07. The number of piperazine rings is 1. The lowest BCUT2D eigenvalue weighted by atomic mass is 9.54. The maximum atomic E-state index is 14.3. The first-order chi connectivity index (χ1) is 23.7. The van der Waals surface area contributed by atoms with E-state index in [0.717, 1.165) is 37.3 Å². The number of carbonyl (C=O) groups excluding carboxylic acids is 3. The van der Waals surface area contributed by atoms with Crippen molar-refractivity contribution in [3.05, 3.63) is 63.9 Å². The Hall–Kier alpha value is -4.31. The number of amides is 1. The molecule has 14 nitrogen and oxygen atoms in total. The number of aromatic hydroxyl groups is 1. The second-order valence-corrected chi connectivity index (χ2v) is 13.8. The highest BCUT2D eigenvalue weighted by Gasteiger charge is 2.68. The van der Waals surface area contributed by atoms with Gasteiger partial charge in [-0.3, -0.25) is 29.1 Å². The van der Waals surface area contributed by atoms with E-state index in [4.69, 9.17) is 10.5 Å². The number of phenolic OH excluding ortho intramolecular Hbond substituents is 1. The van der Waals surface area contributed by atoms with Gasteiger partial charge < -0.3 is 41.1 Å². The molecule has 4 aliphatic rings. The summed E-state index contributed by atoms with van der Waals surface area (Å²) in [5, 5.41) is 67.4. The van der Waals surface area contributed by atoms with Crippen LogP contribution in [0.4, 0.5) is 0 Å². The van der Waals surface area contributed by atoms with Gasteiger partial charge in [-0.25, -0.2) is 0 Å². The molecule has 8 N–H and O–H groups in total. The molecule has 2 aromatic rings. The number of β-amino-alcohol motifs (C(OH)–C–C–N with tert-alkyl or cyclic N) is 1. The second kappa shape index (κ2) is 13.1. The molecule has 14 heteroatoms. The van der Waals surface area contributed by atoms with Gasteiger partial charge >= 0.3 is 0 Å². The fraction of sp³-hybridized carbons (Fsp3) is 0.472. The van der Waals surface area contributed by atoms with E-state index in [9.17, 15) is 45.0 Å². The van der Waals surface area contributed by atoms with Crippen molar-refractivity contribution < 1.29 is 49.8 Å². The summed E-state index contributed by atoms with van der Waals surface area (Å²) in [5.74, 6) is -8.78. The molecule has 0 radical (unpaired) electrons. The standard InChI is InChI=1S/C36H44N4O10/c1-17-23-20(18-5-8-22(50-4)19(15-18)16-40-11-9-39(10-12-40)13-14-41)6-7-21(42)25(23)30(43)26-24(17)31(44)28-29(38(2)3)32(45)27(35(37)48)34(47)36(28,49)33(26)46/h5-8,15,17,24,28-29,31,41-44,47,49H,9-14,16H2,1-4H3,(H2,37,48)/t17-,24+,28+,29-,31-,36-/m0/s1. The first-order valence-corrected chi connectivity index (χ1v) is 16.6. The van der Waals surface area contributed by atoms with Crippen LogP contribution >= 0.6 is 0 Å². The quantitative estimate of drug-likeness (QED) is 0.185. The predicted octanol–water partition coefficient (Wildman–Crippen LogP) is 0.281. The normalized spacial score (nSPS) is 28.8. The van der Waals surface area contributed by atoms with E-state index in [1.54, 1.807) is 20.1 Å². The maximum Gasteiger partial charge on any atom is 0.255 e. The largest absolute Gasteiger partial charge is 0.508 e. The molecule has 0 spiro atoms. The number of nitrogens with zero attached hydrogens (tertiary/aromatic N) is 3. The Bertz CT molecular complexity index is 1810. The number of rotatable bonds is 8. The van der Waals surface area contributed by atoms with Gasteiger partial charge in [0.25, 0.3) is 5.91 Å². The van der Waals surface area contributed by atoms with Gasteiger partial charge in [0.2, 0.25) is 5.78 Å². The molecule has 2 fully saturated rings. The van der Waals surface area contributed by atoms with Gasteiger partial charge in [-0.2, -0.15) is 0 Å². The molecule has 268 valence electrons. The summed E-state index contributed by atoms with van der Waals surface area (Å²) in [5.41, 5.74) is 3.61. The van der Waals surface area contributed by atoms with E-state index in [1.807, 2.05) is 18.2 Å². The van der Waals surface area contributed by atoms with Gasteiger partial charge in [0, 0.05) is 56.3 Å². The van der Waals surface area contributed by atoms with Crippen LogP contribution in [0.5, 0.6) is 11.5 Å². The number of benzene rings is 2. The van der Waals surface area contributed by atoms with E-state index < -0.39 is 75.6 Å². The van der Waals surface area contributed by atoms with Crippen molar-refractivity contribution in [2.24, 2.45) is 17.6 Å². The maximum absolute atomic E-state index is 14.3. The molecular weight excluding hydrogens is 648 g/mol. The summed E-state index contributed by atoms with van der Waals surface area (Å²) in [6.07, 6.45) is -1.70. The highest BCUT2D eigenvalue weighted by atomic mass is 16.5. The van der Waals surface area contributed by atoms with E-state index in [-0.39, 0.29) is 17.9 Å². The van der Waals surface area contributed by atoms with Gasteiger partial charge in [-0.1, -0.05) is 19.1 Å². The van der Waals surface area contributed by atoms with Crippen molar-refractivity contribution in [1.82, 2.24) is 14.7 Å². The first-order valence-electron chi connectivity index (χ1n) is 16.6. The third-order valence-electron chi connectivity index (χ3n) is 11.0. The highest BCUT2D eigenvalue weighted by Crippen LogP contribution is 2.57. The number of fused-ring (bicyclic) bond motifs is 3. The summed E-state index contributed by atoms with van der Waals surface area (Å²) in [4.78, 5) is 46.0. The third kappa shape index (κ3) is 5.29. The number of ether oxygens (including phenoxy) is 1. The summed E-state index contributed by atoms with van der Waals surface area (Å²) < 4.78 is 5.70. The van der Waals surface area contributed by atoms with Crippen LogP contribution in [0.15, 0.2) is 47.2 Å². The van der Waals surface area contributed by atoms with Crippen molar-refractivity contribution in [1.29, 1.82) is 0 Å². The van der Waals surface area contributed by atoms with Crippen LogP contribution in [0.2, 0.25) is 0 Å². The van der Waals surface area contributed by atoms with Crippen LogP contribution in [-0.2, 0) is 20.9 Å². The topological polar surface area (TPSA) is 218 Å². The van der Waals surface area contributed by atoms with Crippen molar-refractivity contribution in [2.45, 2.75) is 37.1 Å². The Morgan fingerprint density at radius 3 is 2.32 bits per heavy atom. The van der Waals surface area contributed by atoms with Gasteiger partial charge in [0.15, 0.2) is 11.4 Å². The summed E-state index contributed by atoms with van der Waals surface area (Å²) in [6.45, 7) is 6.25. The van der Waals surface area contributed by atoms with Crippen molar-refractivity contribution >= 4 is 23.2 Å². The molecule has 6 rings (SSSR count). The number of phenols is 1. The molecule has 0 bridgehead atoms. The van der Waals surface area contributed by atoms with Crippen molar-refractivity contribution in [2.75, 3.05) is 60.5 Å². The average molecular weight is 693 g/mol. The zero-order chi connectivity index (χ0) is 36.4. The number of primary amides is 1. The molecule has 1 saturated carbocycles. The number of likely N-dealkylation sites (N-methyl/N-ethyl adjacent to an activating group) is 1. The minimum Gasteiger partial charge on any atom is -0.508 e. The fourth-order valence-electron chi connectivity index (χ4n) is 8.57. The van der Waals surface area contributed by atoms with Crippen LogP contribution in [0.1, 0.15) is 29.5 Å². The van der Waals surface area contributed by atoms with E-state index in [2.05, 4.69) is 9.80 Å². The summed E-state index contributed by atoms with van der Waals surface area (Å²) >= 11 is 0. The predicted molar refractivity (Wildman–Crippen MR) is 181 cm³/mol. The minimum atomic E-state index is -2.98. The van der Waals surface area contributed by atoms with E-state index in [0.29, 0.717) is 30.0 Å². The molecule has 3 aliphatic carbocycles. The lowest BCUT2D eigenvalue weighted by Crippen LogP contribution is -2.70. The number of methoxy groups -OCH3 is 1. The number of aliphatic hydroxyl groups excluding tert-OH is 4. The zero-order valence-electron chi connectivity index (χ0n) is 28.5. The van der Waals surface area contributed by atoms with Crippen LogP contribution in [0.3, 0.4) is 0 Å². The molecule has 1 aliphatic heterocycles. The molecule has 2 aromatic carbocycles. The van der Waals surface area contributed by atoms with Gasteiger partial charge in [0.05, 0.1) is 37.3 Å². The number of hydrogen-bond acceptors (Lipinski definition) is 13. The van der Waals surface area contributed by atoms with Gasteiger partial charge in [-0.05, 0) is 54.9 Å². The highest BCUT2D eigenvalue weighted by molar-refractivity contribution is 6.24. The molecule has 0 aromatic heterocycles. The monoisotopic (exact) mass is 692 g/mol. The SMILES string of the molecule is COc1ccc(-c2ccc(O)c3c2[C@H](C)[C@@H]2C(=C3O)C(=O)[C@]3(O)C(O)=C(C(N)=O)C(=O)[C@@H](N(C)C)[C@@H]3[C@H]2O)cc1CN1CCN(CCO)CC1. The Morgan fingerprint density at radius 1 is 1.06 bits per heavy atom. The van der Waals surface area contributed by atoms with E-state index in [1.165, 1.54) is 25.1 Å². The first kappa shape index (κ1) is 35.5. The number of Topliss-reactive ketones (excluding diaryl/α,β-unsaturated/α-hetero) is 2. The Morgan fingerprint density at radius 2 is 1.72 bits per heavy atom. The van der Waals surface area contributed by atoms with Gasteiger partial charge in [0.1, 0.15) is 28.6 Å². The summed E-state index contributed by atoms with van der Waals surface area (Å²) in [6, 6.07) is 7.28. The number of ketones is 2. The van der Waals surface area contributed by atoms with Crippen LogP contribution in [0, 0.1) is 11.8 Å². The Labute approximate surface area is 289 Å². The number of carbonyl (C=O) groups is 3. The van der Waals surface area contributed by atoms with Crippen molar-refractivity contribution in [3.63, 3.8) is 0 Å². The molecule has 6 atom stereocenters. The Kier molecular flexibility index (Phi) is 9.31. The Balaban J connectivity index is 1.48. The fourth-order valence-corrected chi connectivity index (χ4v) is 8.57. The molecule has 1 heterocycles. The van der Waals surface area contributed by atoms with Crippen LogP contribution in [-0.4, -0.2) is 141 Å². The lowest BCUT2D eigenvalue weighted by Gasteiger charge is -2.53. The number of aliphatic hydroxyl groups is 5. The van der Waals surface area contributed by atoms with Crippen LogP contribution in [0.25, 0.3) is 16.9 Å². The second-order valence-electron chi connectivity index (χ2n) is 13.8. The third-order valence-corrected chi connectivity index (χ3v) is 11.0. The minimum absolute atomic E-state index is 0.0733. The van der Waals surface area contributed by atoms with E-state index >= 15 is 0 Å². The van der Waals surface area contributed by atoms with Crippen molar-refractivity contribution in [3.8, 4) is 22.6 Å². The van der Waals surface area contributed by atoms with Gasteiger partial charge in [-0.15, -0.1) is 0 Å². The number of nitrogens with two attached hydrogens (primary N) is 1. The smallest absolute Gasteiger partial charge is 0.255 e. The van der Waals surface area contributed by atoms with Crippen LogP contribution < -0.4 is 10.5 Å². The lowest BCUT2D eigenvalue weighted by molar-refractivity contribution is -0.169. The molecule has 0 unspecified atom stereocenters. The molecule has 1 amide bonds. The molecule has 50 heavy (non-hydrogen) atoms. The summed E-state index contributed by atoms with van der Waals surface area (Å²) in [7, 11) is 4.53. The number of hydrogen-bond donors (Lipinski definition) is 7. The molecule has 1 saturated heterocycles. The zero-order valence-corrected chi connectivity index (χ0v) is 28.5.